The summed E-state index contributed by atoms with van der Waals surface area (Å²) in [4.78, 5) is 27.0. The van der Waals surface area contributed by atoms with Crippen molar-refractivity contribution in [2.24, 2.45) is 0 Å². The molecule has 6 nitrogen and oxygen atoms in total. The first kappa shape index (κ1) is 21.4. The van der Waals surface area contributed by atoms with Gasteiger partial charge in [0.15, 0.2) is 0 Å². The number of ether oxygens (including phenoxy) is 1. The zero-order valence-corrected chi connectivity index (χ0v) is 17.4. The molecule has 0 unspecified atom stereocenters. The molecule has 3 rings (SSSR count). The minimum absolute atomic E-state index is 0.0208. The fraction of sp³-hybridized carbons (Fsp3) is 0.333. The fourth-order valence-electron chi connectivity index (χ4n) is 3.33. The van der Waals surface area contributed by atoms with Gasteiger partial charge in [-0.2, -0.15) is 0 Å². The predicted molar refractivity (Wildman–Crippen MR) is 120 cm³/mol. The Bertz CT molecular complexity index is 904. The highest BCUT2D eigenvalue weighted by atomic mass is 16.5. The number of piperidine rings is 1. The number of hydrogen-bond donors (Lipinski definition) is 2. The van der Waals surface area contributed by atoms with E-state index in [1.54, 1.807) is 24.3 Å². The topological polar surface area (TPSA) is 70.7 Å². The number of carbonyl (C=O) groups excluding carboxylic acids is 2. The van der Waals surface area contributed by atoms with Crippen LogP contribution >= 0.6 is 0 Å². The molecule has 0 atom stereocenters. The molecule has 158 valence electrons. The molecule has 1 aliphatic rings. The highest BCUT2D eigenvalue weighted by molar-refractivity contribution is 5.98. The van der Waals surface area contributed by atoms with Gasteiger partial charge in [0.2, 0.25) is 5.91 Å². The van der Waals surface area contributed by atoms with Crippen molar-refractivity contribution in [1.82, 2.24) is 4.90 Å². The summed E-state index contributed by atoms with van der Waals surface area (Å²) >= 11 is 0. The highest BCUT2D eigenvalue weighted by Crippen LogP contribution is 2.24. The van der Waals surface area contributed by atoms with Crippen LogP contribution in [0.4, 0.5) is 11.4 Å². The van der Waals surface area contributed by atoms with E-state index in [4.69, 9.17) is 4.74 Å². The van der Waals surface area contributed by atoms with Crippen LogP contribution in [-0.2, 0) is 4.79 Å². The fourth-order valence-corrected chi connectivity index (χ4v) is 3.33. The van der Waals surface area contributed by atoms with Gasteiger partial charge < -0.3 is 20.3 Å². The molecule has 30 heavy (non-hydrogen) atoms. The molecule has 0 bridgehead atoms. The first-order chi connectivity index (χ1) is 14.5. The Morgan fingerprint density at radius 2 is 1.83 bits per heavy atom. The lowest BCUT2D eigenvalue weighted by Crippen LogP contribution is -2.35. The van der Waals surface area contributed by atoms with Gasteiger partial charge in [0.1, 0.15) is 12.4 Å². The molecule has 1 saturated heterocycles. The molecule has 0 radical (unpaired) electrons. The van der Waals surface area contributed by atoms with Crippen molar-refractivity contribution >= 4 is 23.2 Å². The van der Waals surface area contributed by atoms with E-state index in [2.05, 4.69) is 17.2 Å². The molecule has 2 N–H and O–H groups in total. The zero-order chi connectivity index (χ0) is 21.3. The van der Waals surface area contributed by atoms with Crippen molar-refractivity contribution < 1.29 is 14.3 Å². The van der Waals surface area contributed by atoms with Crippen LogP contribution in [0.5, 0.6) is 5.75 Å². The summed E-state index contributed by atoms with van der Waals surface area (Å²) < 4.78 is 5.71. The Labute approximate surface area is 177 Å². The quantitative estimate of drug-likeness (QED) is 0.640. The van der Waals surface area contributed by atoms with Crippen LogP contribution < -0.4 is 15.4 Å². The van der Waals surface area contributed by atoms with Gasteiger partial charge in [-0.3, -0.25) is 9.59 Å². The van der Waals surface area contributed by atoms with Crippen LogP contribution in [0.25, 0.3) is 0 Å². The van der Waals surface area contributed by atoms with Gasteiger partial charge >= 0.3 is 0 Å². The number of nitrogens with zero attached hydrogens (tertiary/aromatic N) is 1. The van der Waals surface area contributed by atoms with Crippen molar-refractivity contribution in [3.63, 3.8) is 0 Å². The van der Waals surface area contributed by atoms with Crippen LogP contribution in [-0.4, -0.2) is 43.0 Å². The van der Waals surface area contributed by atoms with E-state index in [0.717, 1.165) is 37.2 Å². The maximum Gasteiger partial charge on any atom is 0.253 e. The standard InChI is InChI=1S/C24H29N3O3/c1-18(2)17-30-22-12-5-4-11-21(22)25-16-23(28)26-20-10-8-9-19(15-20)24(29)27-13-6-3-7-14-27/h4-5,8-12,15,25H,1,3,6-7,13-14,16-17H2,2H3,(H,26,28). The summed E-state index contributed by atoms with van der Waals surface area (Å²) in [5, 5.41) is 5.96. The molecule has 2 aromatic carbocycles. The van der Waals surface area contributed by atoms with E-state index in [0.29, 0.717) is 23.6 Å². The van der Waals surface area contributed by atoms with Gasteiger partial charge in [-0.05, 0) is 62.1 Å². The molecule has 6 heteroatoms. The van der Waals surface area contributed by atoms with Crippen LogP contribution in [0.2, 0.25) is 0 Å². The second-order valence-corrected chi connectivity index (χ2v) is 7.58. The van der Waals surface area contributed by atoms with Crippen LogP contribution in [0, 0.1) is 0 Å². The molecule has 1 fully saturated rings. The molecule has 0 saturated carbocycles. The van der Waals surface area contributed by atoms with Crippen LogP contribution in [0.1, 0.15) is 36.5 Å². The van der Waals surface area contributed by atoms with Crippen LogP contribution in [0.15, 0.2) is 60.7 Å². The Kier molecular flexibility index (Phi) is 7.49. The predicted octanol–water partition coefficient (Wildman–Crippen LogP) is 4.32. The van der Waals surface area contributed by atoms with E-state index in [-0.39, 0.29) is 18.4 Å². The van der Waals surface area contributed by atoms with E-state index in [1.165, 1.54) is 6.42 Å². The second kappa shape index (κ2) is 10.5. The first-order valence-corrected chi connectivity index (χ1v) is 10.3. The van der Waals surface area contributed by atoms with Gasteiger partial charge in [-0.25, -0.2) is 0 Å². The third-order valence-corrected chi connectivity index (χ3v) is 4.84. The molecular weight excluding hydrogens is 378 g/mol. The number of benzene rings is 2. The normalized spacial score (nSPS) is 13.4. The monoisotopic (exact) mass is 407 g/mol. The second-order valence-electron chi connectivity index (χ2n) is 7.58. The molecule has 1 heterocycles. The SMILES string of the molecule is C=C(C)COc1ccccc1NCC(=O)Nc1cccc(C(=O)N2CCCCC2)c1. The number of anilines is 2. The number of carbonyl (C=O) groups is 2. The number of hydrogen-bond acceptors (Lipinski definition) is 4. The van der Waals surface area contributed by atoms with Gasteiger partial charge in [0, 0.05) is 24.3 Å². The molecule has 2 aromatic rings. The average molecular weight is 408 g/mol. The number of para-hydroxylation sites is 2. The maximum atomic E-state index is 12.7. The molecule has 0 aromatic heterocycles. The summed E-state index contributed by atoms with van der Waals surface area (Å²) in [6.45, 7) is 7.83. The largest absolute Gasteiger partial charge is 0.487 e. The third-order valence-electron chi connectivity index (χ3n) is 4.84. The van der Waals surface area contributed by atoms with E-state index in [9.17, 15) is 9.59 Å². The lowest BCUT2D eigenvalue weighted by atomic mass is 10.1. The molecule has 1 aliphatic heterocycles. The number of amides is 2. The van der Waals surface area contributed by atoms with Crippen molar-refractivity contribution in [2.75, 3.05) is 36.9 Å². The summed E-state index contributed by atoms with van der Waals surface area (Å²) in [6, 6.07) is 14.6. The average Bonchev–Trinajstić information content (AvgIpc) is 2.77. The number of nitrogens with one attached hydrogen (secondary N) is 2. The van der Waals surface area contributed by atoms with E-state index in [1.807, 2.05) is 36.1 Å². The molecule has 2 amide bonds. The summed E-state index contributed by atoms with van der Waals surface area (Å²) in [7, 11) is 0. The van der Waals surface area contributed by atoms with Gasteiger partial charge in [0.25, 0.3) is 5.91 Å². The van der Waals surface area contributed by atoms with Gasteiger partial charge in [0.05, 0.1) is 12.2 Å². The molecule has 0 spiro atoms. The maximum absolute atomic E-state index is 12.7. The van der Waals surface area contributed by atoms with Gasteiger partial charge in [-0.15, -0.1) is 0 Å². The highest BCUT2D eigenvalue weighted by Gasteiger charge is 2.18. The summed E-state index contributed by atoms with van der Waals surface area (Å²) in [5.41, 5.74) is 2.86. The molecular formula is C24H29N3O3. The van der Waals surface area contributed by atoms with E-state index < -0.39 is 0 Å². The Hall–Kier alpha value is -3.28. The summed E-state index contributed by atoms with van der Waals surface area (Å²) in [5.74, 6) is 0.488. The third kappa shape index (κ3) is 6.11. The van der Waals surface area contributed by atoms with E-state index >= 15 is 0 Å². The van der Waals surface area contributed by atoms with Crippen LogP contribution in [0.3, 0.4) is 0 Å². The number of likely N-dealkylation sites (tertiary alicyclic amines) is 1. The van der Waals surface area contributed by atoms with Gasteiger partial charge in [-0.1, -0.05) is 24.8 Å². The molecule has 0 aliphatic carbocycles. The lowest BCUT2D eigenvalue weighted by molar-refractivity contribution is -0.114. The Morgan fingerprint density at radius 3 is 2.60 bits per heavy atom. The Balaban J connectivity index is 1.57. The Morgan fingerprint density at radius 1 is 1.07 bits per heavy atom. The first-order valence-electron chi connectivity index (χ1n) is 10.3. The van der Waals surface area contributed by atoms with Crippen molar-refractivity contribution in [2.45, 2.75) is 26.2 Å². The zero-order valence-electron chi connectivity index (χ0n) is 17.4. The van der Waals surface area contributed by atoms with Crippen molar-refractivity contribution in [1.29, 1.82) is 0 Å². The van der Waals surface area contributed by atoms with Crippen molar-refractivity contribution in [3.05, 3.63) is 66.2 Å². The van der Waals surface area contributed by atoms with Crippen molar-refractivity contribution in [3.8, 4) is 5.75 Å². The minimum Gasteiger partial charge on any atom is -0.487 e. The smallest absolute Gasteiger partial charge is 0.253 e. The number of rotatable bonds is 8. The minimum atomic E-state index is -0.202. The summed E-state index contributed by atoms with van der Waals surface area (Å²) in [6.07, 6.45) is 3.27. The lowest BCUT2D eigenvalue weighted by Gasteiger charge is -2.26.